The summed E-state index contributed by atoms with van der Waals surface area (Å²) < 4.78 is 17.2. The second-order valence-corrected chi connectivity index (χ2v) is 5.30. The molecule has 0 aliphatic carbocycles. The fourth-order valence-electron chi connectivity index (χ4n) is 1.84. The fourth-order valence-corrected chi connectivity index (χ4v) is 2.55. The molecule has 0 bridgehead atoms. The minimum absolute atomic E-state index is 0.277. The van der Waals surface area contributed by atoms with Gasteiger partial charge in [-0.25, -0.2) is 0 Å². The van der Waals surface area contributed by atoms with E-state index in [0.717, 1.165) is 15.8 Å². The first-order valence-electron chi connectivity index (χ1n) is 6.22. The summed E-state index contributed by atoms with van der Waals surface area (Å²) in [5.41, 5.74) is 1.69. The van der Waals surface area contributed by atoms with E-state index in [1.807, 2.05) is 18.2 Å². The molecule has 112 valence electrons. The van der Waals surface area contributed by atoms with Gasteiger partial charge in [0.05, 0.1) is 18.7 Å². The van der Waals surface area contributed by atoms with Gasteiger partial charge in [0.1, 0.15) is 18.1 Å². The molecular formula is C15H15BrClNO3. The maximum absolute atomic E-state index is 5.80. The molecule has 1 heterocycles. The summed E-state index contributed by atoms with van der Waals surface area (Å²) in [7, 11) is 3.16. The number of nitrogens with zero attached hydrogens (tertiary/aromatic N) is 1. The van der Waals surface area contributed by atoms with E-state index in [1.54, 1.807) is 26.5 Å². The molecule has 6 heteroatoms. The Labute approximate surface area is 137 Å². The summed E-state index contributed by atoms with van der Waals surface area (Å²) in [6, 6.07) is 7.46. The topological polar surface area (TPSA) is 40.6 Å². The van der Waals surface area contributed by atoms with Crippen LogP contribution in [0.25, 0.3) is 0 Å². The average molecular weight is 373 g/mol. The van der Waals surface area contributed by atoms with Gasteiger partial charge in [0, 0.05) is 18.1 Å². The number of alkyl halides is 1. The highest BCUT2D eigenvalue weighted by atomic mass is 79.9. The summed E-state index contributed by atoms with van der Waals surface area (Å²) in [6.45, 7) is 0.277. The largest absolute Gasteiger partial charge is 0.493 e. The van der Waals surface area contributed by atoms with Gasteiger partial charge < -0.3 is 14.2 Å². The molecule has 1 aromatic carbocycles. The fraction of sp³-hybridized carbons (Fsp3) is 0.267. The Morgan fingerprint density at radius 3 is 2.57 bits per heavy atom. The Morgan fingerprint density at radius 2 is 1.95 bits per heavy atom. The van der Waals surface area contributed by atoms with Crippen molar-refractivity contribution in [2.45, 2.75) is 12.5 Å². The number of hydrogen-bond acceptors (Lipinski definition) is 4. The SMILES string of the molecule is COc1ccnc(COc2ccc(CCl)cc2Br)c1OC. The number of aromatic nitrogens is 1. The van der Waals surface area contributed by atoms with Crippen LogP contribution >= 0.6 is 27.5 Å². The molecule has 0 unspecified atom stereocenters. The van der Waals surface area contributed by atoms with Gasteiger partial charge in [-0.15, -0.1) is 11.6 Å². The van der Waals surface area contributed by atoms with Crippen LogP contribution in [0.5, 0.6) is 17.2 Å². The molecule has 0 saturated carbocycles. The molecule has 0 N–H and O–H groups in total. The maximum Gasteiger partial charge on any atom is 0.185 e. The second kappa shape index (κ2) is 7.52. The monoisotopic (exact) mass is 371 g/mol. The summed E-state index contributed by atoms with van der Waals surface area (Å²) in [6.07, 6.45) is 1.66. The van der Waals surface area contributed by atoms with E-state index in [1.165, 1.54) is 0 Å². The Bertz CT molecular complexity index is 622. The minimum Gasteiger partial charge on any atom is -0.493 e. The molecule has 0 amide bonds. The van der Waals surface area contributed by atoms with E-state index in [9.17, 15) is 0 Å². The zero-order chi connectivity index (χ0) is 15.2. The van der Waals surface area contributed by atoms with Gasteiger partial charge >= 0.3 is 0 Å². The van der Waals surface area contributed by atoms with Crippen molar-refractivity contribution in [3.63, 3.8) is 0 Å². The summed E-state index contributed by atoms with van der Waals surface area (Å²) >= 11 is 9.26. The molecule has 0 aliphatic rings. The Hall–Kier alpha value is -1.46. The lowest BCUT2D eigenvalue weighted by atomic mass is 10.2. The van der Waals surface area contributed by atoms with Crippen molar-refractivity contribution in [2.75, 3.05) is 14.2 Å². The number of hydrogen-bond donors (Lipinski definition) is 0. The van der Waals surface area contributed by atoms with E-state index in [-0.39, 0.29) is 6.61 Å². The van der Waals surface area contributed by atoms with Crippen molar-refractivity contribution < 1.29 is 14.2 Å². The lowest BCUT2D eigenvalue weighted by Crippen LogP contribution is -2.03. The maximum atomic E-state index is 5.80. The van der Waals surface area contributed by atoms with Crippen LogP contribution in [0.4, 0.5) is 0 Å². The molecule has 2 aromatic rings. The number of benzene rings is 1. The van der Waals surface area contributed by atoms with Crippen LogP contribution in [0, 0.1) is 0 Å². The van der Waals surface area contributed by atoms with Crippen molar-refractivity contribution in [2.24, 2.45) is 0 Å². The van der Waals surface area contributed by atoms with Crippen LogP contribution in [0.15, 0.2) is 34.9 Å². The third-order valence-electron chi connectivity index (χ3n) is 2.88. The first-order chi connectivity index (χ1) is 10.2. The second-order valence-electron chi connectivity index (χ2n) is 4.18. The molecule has 0 saturated heterocycles. The van der Waals surface area contributed by atoms with E-state index >= 15 is 0 Å². The van der Waals surface area contributed by atoms with Gasteiger partial charge in [-0.1, -0.05) is 6.07 Å². The quantitative estimate of drug-likeness (QED) is 0.713. The predicted molar refractivity (Wildman–Crippen MR) is 85.4 cm³/mol. The van der Waals surface area contributed by atoms with Crippen LogP contribution < -0.4 is 14.2 Å². The molecule has 0 fully saturated rings. The zero-order valence-electron chi connectivity index (χ0n) is 11.7. The summed E-state index contributed by atoms with van der Waals surface area (Å²) in [4.78, 5) is 4.27. The van der Waals surface area contributed by atoms with Gasteiger partial charge in [0.25, 0.3) is 0 Å². The molecular weight excluding hydrogens is 358 g/mol. The van der Waals surface area contributed by atoms with Crippen molar-refractivity contribution in [3.05, 3.63) is 46.2 Å². The van der Waals surface area contributed by atoms with Gasteiger partial charge in [-0.3, -0.25) is 4.98 Å². The van der Waals surface area contributed by atoms with Gasteiger partial charge in [0.15, 0.2) is 11.5 Å². The van der Waals surface area contributed by atoms with E-state index in [0.29, 0.717) is 23.1 Å². The van der Waals surface area contributed by atoms with Gasteiger partial charge in [0.2, 0.25) is 0 Å². The molecule has 1 aromatic heterocycles. The van der Waals surface area contributed by atoms with Gasteiger partial charge in [-0.2, -0.15) is 0 Å². The predicted octanol–water partition coefficient (Wildman–Crippen LogP) is 4.18. The number of halogens is 2. The highest BCUT2D eigenvalue weighted by Crippen LogP contribution is 2.31. The highest BCUT2D eigenvalue weighted by molar-refractivity contribution is 9.10. The van der Waals surface area contributed by atoms with Crippen molar-refractivity contribution in [3.8, 4) is 17.2 Å². The Kier molecular flexibility index (Phi) is 5.70. The normalized spacial score (nSPS) is 10.3. The first-order valence-corrected chi connectivity index (χ1v) is 7.55. The standard InChI is InChI=1S/C15H15BrClNO3/c1-19-14-5-6-18-12(15(14)20-2)9-21-13-4-3-10(8-17)7-11(13)16/h3-7H,8-9H2,1-2H3. The van der Waals surface area contributed by atoms with Crippen LogP contribution in [0.2, 0.25) is 0 Å². The Morgan fingerprint density at radius 1 is 1.14 bits per heavy atom. The molecule has 0 atom stereocenters. The molecule has 0 radical (unpaired) electrons. The van der Waals surface area contributed by atoms with Crippen LogP contribution in [0.3, 0.4) is 0 Å². The van der Waals surface area contributed by atoms with Crippen molar-refractivity contribution in [1.82, 2.24) is 4.98 Å². The average Bonchev–Trinajstić information content (AvgIpc) is 2.52. The Balaban J connectivity index is 2.16. The lowest BCUT2D eigenvalue weighted by molar-refractivity contribution is 0.283. The van der Waals surface area contributed by atoms with Crippen molar-refractivity contribution in [1.29, 1.82) is 0 Å². The third-order valence-corrected chi connectivity index (χ3v) is 3.81. The van der Waals surface area contributed by atoms with Crippen molar-refractivity contribution >= 4 is 27.5 Å². The molecule has 2 rings (SSSR count). The number of pyridine rings is 1. The summed E-state index contributed by atoms with van der Waals surface area (Å²) in [5.74, 6) is 2.39. The van der Waals surface area contributed by atoms with E-state index < -0.39 is 0 Å². The van der Waals surface area contributed by atoms with E-state index in [4.69, 9.17) is 25.8 Å². The molecule has 0 aliphatic heterocycles. The molecule has 4 nitrogen and oxygen atoms in total. The first kappa shape index (κ1) is 15.9. The van der Waals surface area contributed by atoms with Crippen LogP contribution in [-0.2, 0) is 12.5 Å². The van der Waals surface area contributed by atoms with E-state index in [2.05, 4.69) is 20.9 Å². The third kappa shape index (κ3) is 3.80. The molecule has 21 heavy (non-hydrogen) atoms. The number of rotatable bonds is 6. The summed E-state index contributed by atoms with van der Waals surface area (Å²) in [5, 5.41) is 0. The lowest BCUT2D eigenvalue weighted by Gasteiger charge is -2.13. The smallest absolute Gasteiger partial charge is 0.185 e. The minimum atomic E-state index is 0.277. The highest BCUT2D eigenvalue weighted by Gasteiger charge is 2.12. The van der Waals surface area contributed by atoms with Crippen LogP contribution in [0.1, 0.15) is 11.3 Å². The van der Waals surface area contributed by atoms with Crippen LogP contribution in [-0.4, -0.2) is 19.2 Å². The number of ether oxygens (including phenoxy) is 3. The number of methoxy groups -OCH3 is 2. The zero-order valence-corrected chi connectivity index (χ0v) is 14.1. The van der Waals surface area contributed by atoms with Gasteiger partial charge in [-0.05, 0) is 33.6 Å². The molecule has 0 spiro atoms.